The minimum absolute atomic E-state index is 0.195. The average Bonchev–Trinajstić information content (AvgIpc) is 2.31. The molecule has 0 saturated heterocycles. The van der Waals surface area contributed by atoms with Crippen LogP contribution in [0.15, 0.2) is 48.7 Å². The maximum Gasteiger partial charge on any atom is 0.0491 e. The van der Waals surface area contributed by atoms with Gasteiger partial charge in [0.1, 0.15) is 0 Å². The Morgan fingerprint density at radius 3 is 2.69 bits per heavy atom. The van der Waals surface area contributed by atoms with E-state index in [1.165, 1.54) is 11.1 Å². The van der Waals surface area contributed by atoms with Crippen molar-refractivity contribution in [3.63, 3.8) is 0 Å². The minimum Gasteiger partial charge on any atom is -0.329 e. The quantitative estimate of drug-likeness (QED) is 0.849. The van der Waals surface area contributed by atoms with Crippen molar-refractivity contribution in [3.8, 4) is 0 Å². The van der Waals surface area contributed by atoms with Crippen LogP contribution >= 0.6 is 0 Å². The number of aryl methyl sites for hydroxylation is 1. The predicted octanol–water partition coefficient (Wildman–Crippen LogP) is 2.48. The number of aromatic nitrogens is 1. The lowest BCUT2D eigenvalue weighted by molar-refractivity contribution is 0.786. The maximum absolute atomic E-state index is 5.85. The van der Waals surface area contributed by atoms with Crippen molar-refractivity contribution in [3.05, 3.63) is 65.5 Å². The highest BCUT2D eigenvalue weighted by Gasteiger charge is 2.12. The van der Waals surface area contributed by atoms with Crippen LogP contribution in [-0.4, -0.2) is 11.5 Å². The summed E-state index contributed by atoms with van der Waals surface area (Å²) >= 11 is 0. The SMILES string of the molecule is Cc1cccc(C(CN)c2ccccn2)c1. The van der Waals surface area contributed by atoms with E-state index in [4.69, 9.17) is 5.73 Å². The van der Waals surface area contributed by atoms with Gasteiger partial charge in [0, 0.05) is 24.4 Å². The van der Waals surface area contributed by atoms with Crippen molar-refractivity contribution < 1.29 is 0 Å². The predicted molar refractivity (Wildman–Crippen MR) is 66.3 cm³/mol. The first-order valence-corrected chi connectivity index (χ1v) is 5.49. The molecule has 0 aliphatic heterocycles. The second-order valence-electron chi connectivity index (χ2n) is 3.96. The molecule has 2 aromatic rings. The minimum atomic E-state index is 0.195. The Morgan fingerprint density at radius 1 is 1.19 bits per heavy atom. The number of hydrogen-bond donors (Lipinski definition) is 1. The van der Waals surface area contributed by atoms with Gasteiger partial charge in [-0.25, -0.2) is 0 Å². The topological polar surface area (TPSA) is 38.9 Å². The summed E-state index contributed by atoms with van der Waals surface area (Å²) in [6.07, 6.45) is 1.81. The van der Waals surface area contributed by atoms with Gasteiger partial charge < -0.3 is 5.73 Å². The van der Waals surface area contributed by atoms with Gasteiger partial charge in [-0.3, -0.25) is 4.98 Å². The van der Waals surface area contributed by atoms with E-state index in [1.807, 2.05) is 24.4 Å². The number of benzene rings is 1. The Morgan fingerprint density at radius 2 is 2.06 bits per heavy atom. The lowest BCUT2D eigenvalue weighted by atomic mass is 9.94. The molecule has 0 aliphatic rings. The summed E-state index contributed by atoms with van der Waals surface area (Å²) in [6, 6.07) is 14.4. The van der Waals surface area contributed by atoms with Gasteiger partial charge in [0.05, 0.1) is 0 Å². The number of rotatable bonds is 3. The zero-order valence-corrected chi connectivity index (χ0v) is 9.43. The van der Waals surface area contributed by atoms with E-state index in [-0.39, 0.29) is 5.92 Å². The third-order valence-electron chi connectivity index (χ3n) is 2.72. The van der Waals surface area contributed by atoms with Crippen LogP contribution in [0.25, 0.3) is 0 Å². The summed E-state index contributed by atoms with van der Waals surface area (Å²) in [5, 5.41) is 0. The Bertz CT molecular complexity index is 451. The molecule has 1 atom stereocenters. The van der Waals surface area contributed by atoms with Crippen LogP contribution in [0.4, 0.5) is 0 Å². The number of nitrogens with zero attached hydrogens (tertiary/aromatic N) is 1. The molecule has 16 heavy (non-hydrogen) atoms. The van der Waals surface area contributed by atoms with Crippen LogP contribution in [0.5, 0.6) is 0 Å². The smallest absolute Gasteiger partial charge is 0.0491 e. The first-order valence-electron chi connectivity index (χ1n) is 5.49. The number of nitrogens with two attached hydrogens (primary N) is 1. The highest BCUT2D eigenvalue weighted by atomic mass is 14.7. The summed E-state index contributed by atoms with van der Waals surface area (Å²) in [4.78, 5) is 4.38. The molecule has 0 spiro atoms. The van der Waals surface area contributed by atoms with Crippen molar-refractivity contribution >= 4 is 0 Å². The van der Waals surface area contributed by atoms with E-state index in [1.54, 1.807) is 0 Å². The van der Waals surface area contributed by atoms with Crippen molar-refractivity contribution in [1.82, 2.24) is 4.98 Å². The zero-order chi connectivity index (χ0) is 11.4. The Hall–Kier alpha value is -1.67. The fraction of sp³-hybridized carbons (Fsp3) is 0.214. The van der Waals surface area contributed by atoms with Gasteiger partial charge in [-0.1, -0.05) is 35.9 Å². The highest BCUT2D eigenvalue weighted by Crippen LogP contribution is 2.22. The normalized spacial score (nSPS) is 12.4. The molecule has 0 amide bonds. The van der Waals surface area contributed by atoms with Crippen LogP contribution in [0, 0.1) is 6.92 Å². The third kappa shape index (κ3) is 2.28. The summed E-state index contributed by atoms with van der Waals surface area (Å²) in [5.41, 5.74) is 9.38. The number of hydrogen-bond acceptors (Lipinski definition) is 2. The lowest BCUT2D eigenvalue weighted by Crippen LogP contribution is -2.15. The molecule has 2 rings (SSSR count). The first kappa shape index (κ1) is 10.8. The molecule has 2 N–H and O–H groups in total. The molecule has 1 unspecified atom stereocenters. The molecule has 2 nitrogen and oxygen atoms in total. The van der Waals surface area contributed by atoms with Crippen LogP contribution < -0.4 is 5.73 Å². The van der Waals surface area contributed by atoms with Gasteiger partial charge in [0.2, 0.25) is 0 Å². The molecule has 0 radical (unpaired) electrons. The van der Waals surface area contributed by atoms with E-state index in [0.29, 0.717) is 6.54 Å². The Balaban J connectivity index is 2.37. The van der Waals surface area contributed by atoms with Crippen LogP contribution in [0.3, 0.4) is 0 Å². The summed E-state index contributed by atoms with van der Waals surface area (Å²) in [5.74, 6) is 0.195. The second-order valence-corrected chi connectivity index (χ2v) is 3.96. The van der Waals surface area contributed by atoms with Crippen LogP contribution in [-0.2, 0) is 0 Å². The molecule has 1 aromatic carbocycles. The van der Waals surface area contributed by atoms with E-state index < -0.39 is 0 Å². The van der Waals surface area contributed by atoms with Gasteiger partial charge in [-0.15, -0.1) is 0 Å². The molecule has 0 saturated carbocycles. The maximum atomic E-state index is 5.85. The fourth-order valence-electron chi connectivity index (χ4n) is 1.90. The zero-order valence-electron chi connectivity index (χ0n) is 9.43. The molecular formula is C14H16N2. The lowest BCUT2D eigenvalue weighted by Gasteiger charge is -2.15. The van der Waals surface area contributed by atoms with Gasteiger partial charge in [-0.2, -0.15) is 0 Å². The van der Waals surface area contributed by atoms with Crippen LogP contribution in [0.2, 0.25) is 0 Å². The van der Waals surface area contributed by atoms with Crippen molar-refractivity contribution in [2.24, 2.45) is 5.73 Å². The summed E-state index contributed by atoms with van der Waals surface area (Å²) in [6.45, 7) is 2.68. The molecule has 0 fully saturated rings. The Kier molecular flexibility index (Phi) is 3.32. The van der Waals surface area contributed by atoms with E-state index in [0.717, 1.165) is 5.69 Å². The van der Waals surface area contributed by atoms with Crippen molar-refractivity contribution in [2.75, 3.05) is 6.54 Å². The molecule has 1 heterocycles. The van der Waals surface area contributed by atoms with E-state index in [2.05, 4.69) is 36.2 Å². The molecule has 2 heteroatoms. The highest BCUT2D eigenvalue weighted by molar-refractivity contribution is 5.31. The second kappa shape index (κ2) is 4.90. The standard InChI is InChI=1S/C14H16N2/c1-11-5-4-6-12(9-11)13(10-15)14-7-2-3-8-16-14/h2-9,13H,10,15H2,1H3. The molecular weight excluding hydrogens is 196 g/mol. The monoisotopic (exact) mass is 212 g/mol. The Labute approximate surface area is 96.1 Å². The number of pyridine rings is 1. The van der Waals surface area contributed by atoms with E-state index >= 15 is 0 Å². The molecule has 0 bridgehead atoms. The summed E-state index contributed by atoms with van der Waals surface area (Å²) < 4.78 is 0. The molecule has 0 aliphatic carbocycles. The molecule has 1 aromatic heterocycles. The van der Waals surface area contributed by atoms with Gasteiger partial charge in [0.15, 0.2) is 0 Å². The molecule has 82 valence electrons. The first-order chi connectivity index (χ1) is 7.81. The van der Waals surface area contributed by atoms with Crippen LogP contribution in [0.1, 0.15) is 22.7 Å². The average molecular weight is 212 g/mol. The van der Waals surface area contributed by atoms with Crippen molar-refractivity contribution in [1.29, 1.82) is 0 Å². The van der Waals surface area contributed by atoms with Crippen molar-refractivity contribution in [2.45, 2.75) is 12.8 Å². The van der Waals surface area contributed by atoms with Gasteiger partial charge in [0.25, 0.3) is 0 Å². The third-order valence-corrected chi connectivity index (χ3v) is 2.72. The van der Waals surface area contributed by atoms with Gasteiger partial charge >= 0.3 is 0 Å². The van der Waals surface area contributed by atoms with Gasteiger partial charge in [-0.05, 0) is 24.6 Å². The van der Waals surface area contributed by atoms with E-state index in [9.17, 15) is 0 Å². The summed E-state index contributed by atoms with van der Waals surface area (Å²) in [7, 11) is 0. The largest absolute Gasteiger partial charge is 0.329 e. The fourth-order valence-corrected chi connectivity index (χ4v) is 1.90.